The molecule has 0 fully saturated rings. The molecule has 9 nitrogen and oxygen atoms in total. The van der Waals surface area contributed by atoms with Crippen molar-refractivity contribution in [3.8, 4) is 5.95 Å². The molecule has 3 rings (SSSR count). The second-order valence-corrected chi connectivity index (χ2v) is 8.87. The van der Waals surface area contributed by atoms with Crippen molar-refractivity contribution >= 4 is 52.4 Å². The first kappa shape index (κ1) is 25.8. The first-order valence-electron chi connectivity index (χ1n) is 8.21. The Morgan fingerprint density at radius 3 is 2.31 bits per heavy atom. The summed E-state index contributed by atoms with van der Waals surface area (Å²) in [5.74, 6) is -0.583. The molecule has 2 aromatic heterocycles. The van der Waals surface area contributed by atoms with Crippen molar-refractivity contribution in [2.75, 3.05) is 0 Å². The molecule has 0 unspecified atom stereocenters. The Morgan fingerprint density at radius 1 is 1.09 bits per heavy atom. The number of alkyl halides is 3. The van der Waals surface area contributed by atoms with Crippen LogP contribution in [0.1, 0.15) is 29.1 Å². The van der Waals surface area contributed by atoms with Gasteiger partial charge in [-0.15, -0.1) is 0 Å². The maximum atomic E-state index is 12.8. The molecule has 0 spiro atoms. The summed E-state index contributed by atoms with van der Waals surface area (Å²) < 4.78 is 63.1. The van der Waals surface area contributed by atoms with E-state index in [2.05, 4.69) is 25.4 Å². The number of nitrogens with zero attached hydrogens (tertiary/aromatic N) is 5. The average Bonchev–Trinajstić information content (AvgIpc) is 3.17. The lowest BCUT2D eigenvalue weighted by Gasteiger charge is -2.15. The Balaban J connectivity index is 0.00000363. The fraction of sp³-hybridized carbons (Fsp3) is 0.188. The fourth-order valence-corrected chi connectivity index (χ4v) is 3.67. The van der Waals surface area contributed by atoms with E-state index in [1.165, 1.54) is 30.3 Å². The van der Waals surface area contributed by atoms with Crippen LogP contribution in [0.15, 0.2) is 41.8 Å². The standard InChI is InChI=1S/C16H11Cl2F3N6O3S.H2S/c1-8(13-24-7-25-27(13)15-22-5-11(18)6-23-15)26-14(28)9-2-10(17)4-12(3-9)31(29,30)16(19,20)21;/h2-8H,1H3,(H,26,28);1H2/t8-;/m1./s1. The summed E-state index contributed by atoms with van der Waals surface area (Å²) in [6.07, 6.45) is 3.84. The molecule has 0 aliphatic rings. The topological polar surface area (TPSA) is 120 Å². The van der Waals surface area contributed by atoms with Gasteiger partial charge in [0.2, 0.25) is 0 Å². The van der Waals surface area contributed by atoms with Crippen LogP contribution in [-0.4, -0.2) is 44.6 Å². The summed E-state index contributed by atoms with van der Waals surface area (Å²) in [7, 11) is -5.69. The number of benzene rings is 1. The van der Waals surface area contributed by atoms with Crippen molar-refractivity contribution in [3.63, 3.8) is 0 Å². The van der Waals surface area contributed by atoms with Gasteiger partial charge in [0.25, 0.3) is 21.7 Å². The average molecular weight is 529 g/mol. The molecular weight excluding hydrogens is 516 g/mol. The fourth-order valence-electron chi connectivity index (χ4n) is 2.44. The molecule has 3 aromatic rings. The third-order valence-electron chi connectivity index (χ3n) is 3.85. The number of carbonyl (C=O) groups is 1. The monoisotopic (exact) mass is 528 g/mol. The second kappa shape index (κ2) is 9.60. The van der Waals surface area contributed by atoms with E-state index in [0.29, 0.717) is 12.1 Å². The maximum absolute atomic E-state index is 12.8. The Bertz CT molecular complexity index is 1240. The Hall–Kier alpha value is -2.42. The number of rotatable bonds is 5. The van der Waals surface area contributed by atoms with Gasteiger partial charge in [-0.25, -0.2) is 23.4 Å². The van der Waals surface area contributed by atoms with Crippen LogP contribution in [0.5, 0.6) is 0 Å². The summed E-state index contributed by atoms with van der Waals surface area (Å²) >= 11 is 11.5. The number of halogens is 5. The van der Waals surface area contributed by atoms with E-state index in [1.54, 1.807) is 0 Å². The Kier molecular flexibility index (Phi) is 7.75. The minimum absolute atomic E-state index is 0. The van der Waals surface area contributed by atoms with Crippen molar-refractivity contribution < 1.29 is 26.4 Å². The van der Waals surface area contributed by atoms with Gasteiger partial charge in [-0.3, -0.25) is 4.79 Å². The largest absolute Gasteiger partial charge is 0.501 e. The van der Waals surface area contributed by atoms with Crippen molar-refractivity contribution in [2.45, 2.75) is 23.4 Å². The highest BCUT2D eigenvalue weighted by molar-refractivity contribution is 7.92. The molecule has 1 N–H and O–H groups in total. The highest BCUT2D eigenvalue weighted by Gasteiger charge is 2.47. The highest BCUT2D eigenvalue weighted by atomic mass is 35.5. The predicted octanol–water partition coefficient (Wildman–Crippen LogP) is 3.26. The lowest BCUT2D eigenvalue weighted by atomic mass is 10.2. The van der Waals surface area contributed by atoms with Crippen molar-refractivity contribution in [3.05, 3.63) is 58.4 Å². The van der Waals surface area contributed by atoms with Crippen LogP contribution in [0.3, 0.4) is 0 Å². The van der Waals surface area contributed by atoms with Crippen LogP contribution in [-0.2, 0) is 9.84 Å². The summed E-state index contributed by atoms with van der Waals surface area (Å²) in [4.78, 5) is 23.4. The van der Waals surface area contributed by atoms with E-state index in [9.17, 15) is 26.4 Å². The first-order chi connectivity index (χ1) is 14.4. The van der Waals surface area contributed by atoms with Gasteiger partial charge in [-0.05, 0) is 25.1 Å². The molecule has 0 aliphatic heterocycles. The van der Waals surface area contributed by atoms with Gasteiger partial charge in [-0.1, -0.05) is 23.2 Å². The van der Waals surface area contributed by atoms with E-state index >= 15 is 0 Å². The molecule has 32 heavy (non-hydrogen) atoms. The van der Waals surface area contributed by atoms with Gasteiger partial charge < -0.3 is 5.32 Å². The first-order valence-corrected chi connectivity index (χ1v) is 10.4. The number of hydrogen-bond donors (Lipinski definition) is 1. The number of amides is 1. The van der Waals surface area contributed by atoms with Crippen molar-refractivity contribution in [1.29, 1.82) is 0 Å². The van der Waals surface area contributed by atoms with E-state index in [-0.39, 0.29) is 35.3 Å². The SMILES string of the molecule is C[C@@H](NC(=O)c1cc(Cl)cc(S(=O)(=O)C(F)(F)F)c1)c1ncnn1-c1ncc(Cl)cn1.S. The molecule has 0 saturated carbocycles. The highest BCUT2D eigenvalue weighted by Crippen LogP contribution is 2.32. The predicted molar refractivity (Wildman–Crippen MR) is 113 cm³/mol. The Labute approximate surface area is 196 Å². The Morgan fingerprint density at radius 2 is 1.72 bits per heavy atom. The molecule has 1 atom stereocenters. The third-order valence-corrected chi connectivity index (χ3v) is 5.73. The molecule has 172 valence electrons. The molecule has 0 bridgehead atoms. The van der Waals surface area contributed by atoms with E-state index in [4.69, 9.17) is 23.2 Å². The van der Waals surface area contributed by atoms with Gasteiger partial charge in [0, 0.05) is 10.6 Å². The summed E-state index contributed by atoms with van der Waals surface area (Å²) in [5.41, 5.74) is -5.94. The van der Waals surface area contributed by atoms with Gasteiger partial charge in [0.1, 0.15) is 6.33 Å². The number of carbonyl (C=O) groups excluding carboxylic acids is 1. The molecule has 2 heterocycles. The minimum atomic E-state index is -5.69. The van der Waals surface area contributed by atoms with Gasteiger partial charge >= 0.3 is 5.51 Å². The number of hydrogen-bond acceptors (Lipinski definition) is 7. The van der Waals surface area contributed by atoms with Gasteiger partial charge in [0.15, 0.2) is 5.82 Å². The molecule has 0 aliphatic carbocycles. The number of aromatic nitrogens is 5. The van der Waals surface area contributed by atoms with E-state index < -0.39 is 37.8 Å². The molecule has 1 aromatic carbocycles. The van der Waals surface area contributed by atoms with E-state index in [1.807, 2.05) is 0 Å². The quantitative estimate of drug-likeness (QED) is 0.539. The summed E-state index contributed by atoms with van der Waals surface area (Å²) in [6.45, 7) is 1.52. The lowest BCUT2D eigenvalue weighted by molar-refractivity contribution is -0.0436. The second-order valence-electron chi connectivity index (χ2n) is 6.05. The van der Waals surface area contributed by atoms with Crippen LogP contribution >= 0.6 is 36.7 Å². The summed E-state index contributed by atoms with van der Waals surface area (Å²) in [5, 5.41) is 6.38. The zero-order valence-electron chi connectivity index (χ0n) is 15.8. The van der Waals surface area contributed by atoms with E-state index in [0.717, 1.165) is 6.07 Å². The molecule has 1 amide bonds. The number of nitrogens with one attached hydrogen (secondary N) is 1. The van der Waals surface area contributed by atoms with Gasteiger partial charge in [0.05, 0.1) is 28.4 Å². The normalized spacial score (nSPS) is 12.7. The van der Waals surface area contributed by atoms with Gasteiger partial charge in [-0.2, -0.15) is 36.4 Å². The minimum Gasteiger partial charge on any atom is -0.342 e. The van der Waals surface area contributed by atoms with Crippen LogP contribution in [0.25, 0.3) is 5.95 Å². The molecule has 0 radical (unpaired) electrons. The zero-order valence-corrected chi connectivity index (χ0v) is 19.1. The number of sulfone groups is 1. The lowest BCUT2D eigenvalue weighted by Crippen LogP contribution is -2.29. The smallest absolute Gasteiger partial charge is 0.342 e. The molecule has 16 heteroatoms. The van der Waals surface area contributed by atoms with Crippen LogP contribution < -0.4 is 5.32 Å². The van der Waals surface area contributed by atoms with Crippen molar-refractivity contribution in [1.82, 2.24) is 30.0 Å². The molecular formula is C16H13Cl2F3N6O3S2. The zero-order chi connectivity index (χ0) is 23.0. The van der Waals surface area contributed by atoms with Crippen LogP contribution in [0.4, 0.5) is 13.2 Å². The van der Waals surface area contributed by atoms with Crippen LogP contribution in [0, 0.1) is 0 Å². The van der Waals surface area contributed by atoms with Crippen molar-refractivity contribution in [2.24, 2.45) is 0 Å². The van der Waals surface area contributed by atoms with Crippen LogP contribution in [0.2, 0.25) is 10.0 Å². The third kappa shape index (κ3) is 5.31. The maximum Gasteiger partial charge on any atom is 0.501 e. The molecule has 0 saturated heterocycles. The summed E-state index contributed by atoms with van der Waals surface area (Å²) in [6, 6.07) is 1.41.